The third-order valence-electron chi connectivity index (χ3n) is 4.13. The minimum Gasteiger partial charge on any atom is -0.399 e. The maximum absolute atomic E-state index is 6.02. The zero-order valence-electron chi connectivity index (χ0n) is 16.9. The van der Waals surface area contributed by atoms with Gasteiger partial charge in [0, 0.05) is 16.3 Å². The van der Waals surface area contributed by atoms with Gasteiger partial charge in [-0.3, -0.25) is 0 Å². The van der Waals surface area contributed by atoms with E-state index < -0.39 is 0 Å². The molecule has 3 nitrogen and oxygen atoms in total. The first-order chi connectivity index (χ1) is 13.5. The number of rotatable bonds is 5. The first kappa shape index (κ1) is 21.5. The number of nitrogen functional groups attached to an aromatic ring is 1. The van der Waals surface area contributed by atoms with Gasteiger partial charge in [0.15, 0.2) is 0 Å². The Morgan fingerprint density at radius 1 is 0.964 bits per heavy atom. The lowest BCUT2D eigenvalue weighted by Gasteiger charge is -2.11. The lowest BCUT2D eigenvalue weighted by Crippen LogP contribution is -2.00. The molecule has 0 aliphatic carbocycles. The van der Waals surface area contributed by atoms with Crippen molar-refractivity contribution in [1.29, 1.82) is 0 Å². The first-order valence-corrected chi connectivity index (χ1v) is 9.78. The van der Waals surface area contributed by atoms with Crippen LogP contribution in [0.5, 0.6) is 0 Å². The number of oxime groups is 1. The maximum atomic E-state index is 6.02. The molecule has 0 aromatic heterocycles. The predicted octanol–water partition coefficient (Wildman–Crippen LogP) is 6.86. The number of nitrogens with zero attached hydrogens (tertiary/aromatic N) is 1. The summed E-state index contributed by atoms with van der Waals surface area (Å²) < 4.78 is 0. The van der Waals surface area contributed by atoms with Crippen LogP contribution in [0, 0.1) is 6.92 Å². The molecule has 4 heteroatoms. The summed E-state index contributed by atoms with van der Waals surface area (Å²) in [7, 11) is 0. The van der Waals surface area contributed by atoms with Crippen molar-refractivity contribution in [2.24, 2.45) is 5.16 Å². The average molecular weight is 395 g/mol. The zero-order chi connectivity index (χ0) is 20.5. The summed E-state index contributed by atoms with van der Waals surface area (Å²) in [6.07, 6.45) is 0. The molecule has 3 aromatic rings. The highest BCUT2D eigenvalue weighted by Gasteiger charge is 2.09. The molecule has 146 valence electrons. The third kappa shape index (κ3) is 5.86. The van der Waals surface area contributed by atoms with Gasteiger partial charge < -0.3 is 10.6 Å². The number of anilines is 1. The molecule has 2 N–H and O–H groups in total. The fraction of sp³-hybridized carbons (Fsp3) is 0.208. The van der Waals surface area contributed by atoms with Crippen LogP contribution in [-0.4, -0.2) is 5.71 Å². The van der Waals surface area contributed by atoms with Gasteiger partial charge in [0.1, 0.15) is 6.61 Å². The van der Waals surface area contributed by atoms with Crippen molar-refractivity contribution in [3.63, 3.8) is 0 Å². The van der Waals surface area contributed by atoms with Crippen LogP contribution in [0.2, 0.25) is 5.02 Å². The minimum atomic E-state index is 0.403. The molecule has 0 aliphatic heterocycles. The number of halogens is 1. The summed E-state index contributed by atoms with van der Waals surface area (Å²) in [6, 6.07) is 21.7. The second-order valence-electron chi connectivity index (χ2n) is 6.25. The summed E-state index contributed by atoms with van der Waals surface area (Å²) in [5.41, 5.74) is 12.7. The van der Waals surface area contributed by atoms with Crippen LogP contribution in [0.15, 0.2) is 71.9 Å². The van der Waals surface area contributed by atoms with E-state index in [1.165, 1.54) is 5.56 Å². The molecule has 0 amide bonds. The summed E-state index contributed by atoms with van der Waals surface area (Å²) in [5.74, 6) is 0. The molecule has 0 saturated heterocycles. The van der Waals surface area contributed by atoms with Crippen molar-refractivity contribution in [1.82, 2.24) is 0 Å². The first-order valence-electron chi connectivity index (χ1n) is 9.41. The molecule has 0 bridgehead atoms. The van der Waals surface area contributed by atoms with E-state index in [1.807, 2.05) is 69.3 Å². The number of hydrogen-bond donors (Lipinski definition) is 1. The number of hydrogen-bond acceptors (Lipinski definition) is 3. The van der Waals surface area contributed by atoms with Crippen LogP contribution in [-0.2, 0) is 11.4 Å². The van der Waals surface area contributed by atoms with Gasteiger partial charge in [0.05, 0.1) is 5.71 Å². The Hall–Kier alpha value is -2.78. The highest BCUT2D eigenvalue weighted by atomic mass is 35.5. The van der Waals surface area contributed by atoms with Crippen LogP contribution in [0.25, 0.3) is 11.1 Å². The molecule has 3 aromatic carbocycles. The average Bonchev–Trinajstić information content (AvgIpc) is 2.71. The summed E-state index contributed by atoms with van der Waals surface area (Å²) >= 11 is 6.02. The molecule has 0 spiro atoms. The normalized spacial score (nSPS) is 10.8. The zero-order valence-corrected chi connectivity index (χ0v) is 17.6. The second kappa shape index (κ2) is 10.5. The SMILES string of the molecule is C/C(=N\OCc1ccc(N)cc1)c1ccc(C)cc1-c1ccc(Cl)cc1.CC. The number of aryl methyl sites for hydroxylation is 1. The van der Waals surface area contributed by atoms with E-state index in [9.17, 15) is 0 Å². The van der Waals surface area contributed by atoms with Gasteiger partial charge in [-0.25, -0.2) is 0 Å². The van der Waals surface area contributed by atoms with E-state index in [0.29, 0.717) is 6.61 Å². The van der Waals surface area contributed by atoms with Crippen LogP contribution in [0.4, 0.5) is 5.69 Å². The summed E-state index contributed by atoms with van der Waals surface area (Å²) in [4.78, 5) is 5.54. The quantitative estimate of drug-likeness (QED) is 0.291. The fourth-order valence-corrected chi connectivity index (χ4v) is 2.83. The van der Waals surface area contributed by atoms with E-state index in [0.717, 1.165) is 38.7 Å². The molecule has 0 heterocycles. The van der Waals surface area contributed by atoms with Crippen molar-refractivity contribution in [3.05, 3.63) is 88.4 Å². The van der Waals surface area contributed by atoms with E-state index >= 15 is 0 Å². The molecule has 0 saturated carbocycles. The van der Waals surface area contributed by atoms with Crippen molar-refractivity contribution >= 4 is 23.0 Å². The standard InChI is InChI=1S/C22H21ClN2O.C2H6/c1-15-3-12-21(22(13-15)18-6-8-19(23)9-7-18)16(2)25-26-14-17-4-10-20(24)11-5-17;1-2/h3-13H,14,24H2,1-2H3;1-2H3/b25-16+;. The monoisotopic (exact) mass is 394 g/mol. The molecular weight excluding hydrogens is 368 g/mol. The van der Waals surface area contributed by atoms with Crippen LogP contribution in [0.3, 0.4) is 0 Å². The third-order valence-corrected chi connectivity index (χ3v) is 4.38. The van der Waals surface area contributed by atoms with Gasteiger partial charge in [0.2, 0.25) is 0 Å². The Balaban J connectivity index is 0.00000136. The molecule has 28 heavy (non-hydrogen) atoms. The Labute approximate surface area is 172 Å². The second-order valence-corrected chi connectivity index (χ2v) is 6.68. The Bertz CT molecular complexity index is 916. The smallest absolute Gasteiger partial charge is 0.142 e. The van der Waals surface area contributed by atoms with Gasteiger partial charge in [-0.2, -0.15) is 0 Å². The summed E-state index contributed by atoms with van der Waals surface area (Å²) in [5, 5.41) is 5.03. The lowest BCUT2D eigenvalue weighted by atomic mass is 9.95. The maximum Gasteiger partial charge on any atom is 0.142 e. The fourth-order valence-electron chi connectivity index (χ4n) is 2.71. The van der Waals surface area contributed by atoms with E-state index in [-0.39, 0.29) is 0 Å². The molecule has 0 fully saturated rings. The molecule has 0 atom stereocenters. The van der Waals surface area contributed by atoms with Crippen molar-refractivity contribution in [2.75, 3.05) is 5.73 Å². The van der Waals surface area contributed by atoms with Crippen LogP contribution >= 0.6 is 11.6 Å². The van der Waals surface area contributed by atoms with Gasteiger partial charge in [-0.15, -0.1) is 0 Å². The molecular formula is C24H27ClN2O. The van der Waals surface area contributed by atoms with Crippen molar-refractivity contribution in [3.8, 4) is 11.1 Å². The summed E-state index contributed by atoms with van der Waals surface area (Å²) in [6.45, 7) is 8.43. The van der Waals surface area contributed by atoms with E-state index in [1.54, 1.807) is 0 Å². The van der Waals surface area contributed by atoms with Crippen molar-refractivity contribution in [2.45, 2.75) is 34.3 Å². The molecule has 0 unspecified atom stereocenters. The Morgan fingerprint density at radius 2 is 1.61 bits per heavy atom. The molecule has 0 aliphatic rings. The van der Waals surface area contributed by atoms with Gasteiger partial charge >= 0.3 is 0 Å². The topological polar surface area (TPSA) is 47.6 Å². The van der Waals surface area contributed by atoms with Gasteiger partial charge in [-0.05, 0) is 54.8 Å². The Kier molecular flexibility index (Phi) is 8.09. The lowest BCUT2D eigenvalue weighted by molar-refractivity contribution is 0.130. The van der Waals surface area contributed by atoms with Crippen molar-refractivity contribution < 1.29 is 4.84 Å². The van der Waals surface area contributed by atoms with Crippen LogP contribution in [0.1, 0.15) is 37.5 Å². The van der Waals surface area contributed by atoms with Gasteiger partial charge in [-0.1, -0.05) is 78.6 Å². The van der Waals surface area contributed by atoms with Gasteiger partial charge in [0.25, 0.3) is 0 Å². The van der Waals surface area contributed by atoms with Crippen LogP contribution < -0.4 is 5.73 Å². The highest BCUT2D eigenvalue weighted by Crippen LogP contribution is 2.27. The predicted molar refractivity (Wildman–Crippen MR) is 121 cm³/mol. The Morgan fingerprint density at radius 3 is 2.25 bits per heavy atom. The van der Waals surface area contributed by atoms with E-state index in [2.05, 4.69) is 30.3 Å². The molecule has 0 radical (unpaired) electrons. The number of nitrogens with two attached hydrogens (primary N) is 1. The molecule has 3 rings (SSSR count). The van der Waals surface area contributed by atoms with E-state index in [4.69, 9.17) is 22.2 Å². The minimum absolute atomic E-state index is 0.403. The highest BCUT2D eigenvalue weighted by molar-refractivity contribution is 6.30. The largest absolute Gasteiger partial charge is 0.399 e. The number of benzene rings is 3.